The van der Waals surface area contributed by atoms with Gasteiger partial charge in [0.1, 0.15) is 6.73 Å². The normalized spacial score (nSPS) is 12.2. The summed E-state index contributed by atoms with van der Waals surface area (Å²) in [5, 5.41) is 0. The quantitative estimate of drug-likeness (QED) is 0.610. The van der Waals surface area contributed by atoms with Crippen molar-refractivity contribution in [2.45, 2.75) is 32.4 Å². The molecule has 18 heavy (non-hydrogen) atoms. The number of para-hydroxylation sites is 2. The molecule has 0 saturated heterocycles. The zero-order valence-corrected chi connectivity index (χ0v) is 13.7. The van der Waals surface area contributed by atoms with Crippen LogP contribution in [0.2, 0.25) is 25.7 Å². The van der Waals surface area contributed by atoms with Gasteiger partial charge in [-0.25, -0.2) is 4.98 Å². The van der Waals surface area contributed by atoms with E-state index in [9.17, 15) is 0 Å². The van der Waals surface area contributed by atoms with E-state index >= 15 is 0 Å². The van der Waals surface area contributed by atoms with Gasteiger partial charge in [-0.15, -0.1) is 0 Å². The van der Waals surface area contributed by atoms with E-state index in [1.807, 2.05) is 18.2 Å². The van der Waals surface area contributed by atoms with Crippen molar-refractivity contribution in [2.24, 2.45) is 0 Å². The average molecular weight is 327 g/mol. The molecule has 3 nitrogen and oxygen atoms in total. The molecule has 0 bridgehead atoms. The topological polar surface area (TPSA) is 27.1 Å². The highest BCUT2D eigenvalue weighted by Gasteiger charge is 2.13. The number of imidazole rings is 1. The summed E-state index contributed by atoms with van der Waals surface area (Å²) in [5.41, 5.74) is 2.11. The molecule has 5 heteroatoms. The highest BCUT2D eigenvalue weighted by atomic mass is 79.9. The lowest BCUT2D eigenvalue weighted by atomic mass is 10.3. The molecule has 0 unspecified atom stereocenters. The van der Waals surface area contributed by atoms with Crippen LogP contribution in [-0.4, -0.2) is 24.2 Å². The van der Waals surface area contributed by atoms with Crippen molar-refractivity contribution >= 4 is 35.0 Å². The van der Waals surface area contributed by atoms with Crippen molar-refractivity contribution < 1.29 is 4.74 Å². The maximum absolute atomic E-state index is 5.77. The number of benzene rings is 1. The highest BCUT2D eigenvalue weighted by molar-refractivity contribution is 9.10. The lowest BCUT2D eigenvalue weighted by Crippen LogP contribution is -2.22. The second kappa shape index (κ2) is 5.55. The van der Waals surface area contributed by atoms with Gasteiger partial charge in [0, 0.05) is 14.7 Å². The minimum absolute atomic E-state index is 0.561. The summed E-state index contributed by atoms with van der Waals surface area (Å²) < 4.78 is 8.66. The lowest BCUT2D eigenvalue weighted by molar-refractivity contribution is 0.0884. The second-order valence-electron chi connectivity index (χ2n) is 5.65. The van der Waals surface area contributed by atoms with Crippen LogP contribution in [0.15, 0.2) is 29.0 Å². The number of rotatable bonds is 5. The Morgan fingerprint density at radius 3 is 2.72 bits per heavy atom. The molecule has 0 atom stereocenters. The third-order valence-electron chi connectivity index (χ3n) is 2.82. The van der Waals surface area contributed by atoms with Gasteiger partial charge >= 0.3 is 0 Å². The number of fused-ring (bicyclic) bond motifs is 1. The van der Waals surface area contributed by atoms with Gasteiger partial charge in [0.15, 0.2) is 4.73 Å². The molecule has 0 spiro atoms. The van der Waals surface area contributed by atoms with Crippen molar-refractivity contribution in [3.05, 3.63) is 29.0 Å². The van der Waals surface area contributed by atoms with Gasteiger partial charge < -0.3 is 4.74 Å². The maximum Gasteiger partial charge on any atom is 0.180 e. The summed E-state index contributed by atoms with van der Waals surface area (Å²) in [4.78, 5) is 4.45. The first kappa shape index (κ1) is 13.8. The Morgan fingerprint density at radius 1 is 1.28 bits per heavy atom. The summed E-state index contributed by atoms with van der Waals surface area (Å²) in [5.74, 6) is 0. The van der Waals surface area contributed by atoms with Crippen molar-refractivity contribution in [3.63, 3.8) is 0 Å². The van der Waals surface area contributed by atoms with Crippen molar-refractivity contribution in [1.82, 2.24) is 9.55 Å². The van der Waals surface area contributed by atoms with Crippen LogP contribution in [0.3, 0.4) is 0 Å². The predicted octanol–water partition coefficient (Wildman–Crippen LogP) is 4.11. The summed E-state index contributed by atoms with van der Waals surface area (Å²) in [6, 6.07) is 9.29. The molecule has 0 amide bonds. The van der Waals surface area contributed by atoms with E-state index in [0.717, 1.165) is 22.4 Å². The van der Waals surface area contributed by atoms with E-state index < -0.39 is 8.07 Å². The zero-order valence-electron chi connectivity index (χ0n) is 11.1. The summed E-state index contributed by atoms with van der Waals surface area (Å²) in [6.45, 7) is 8.47. The van der Waals surface area contributed by atoms with Crippen LogP contribution in [0.4, 0.5) is 0 Å². The van der Waals surface area contributed by atoms with Gasteiger partial charge in [-0.1, -0.05) is 31.8 Å². The molecule has 2 aromatic rings. The zero-order chi connectivity index (χ0) is 13.2. The number of nitrogens with zero attached hydrogens (tertiary/aromatic N) is 2. The van der Waals surface area contributed by atoms with Crippen LogP contribution < -0.4 is 0 Å². The Kier molecular flexibility index (Phi) is 4.24. The number of aromatic nitrogens is 2. The summed E-state index contributed by atoms with van der Waals surface area (Å²) >= 11 is 3.48. The van der Waals surface area contributed by atoms with Gasteiger partial charge in [0.2, 0.25) is 0 Å². The molecule has 1 aromatic heterocycles. The lowest BCUT2D eigenvalue weighted by Gasteiger charge is -2.15. The van der Waals surface area contributed by atoms with Crippen LogP contribution in [-0.2, 0) is 11.5 Å². The minimum atomic E-state index is -1.01. The Hall–Kier alpha value is -0.653. The van der Waals surface area contributed by atoms with E-state index in [0.29, 0.717) is 6.73 Å². The monoisotopic (exact) mass is 326 g/mol. The van der Waals surface area contributed by atoms with E-state index in [2.05, 4.69) is 51.2 Å². The molecule has 0 aliphatic heterocycles. The first-order chi connectivity index (χ1) is 8.47. The fourth-order valence-corrected chi connectivity index (χ4v) is 2.94. The first-order valence-corrected chi connectivity index (χ1v) is 10.7. The summed E-state index contributed by atoms with van der Waals surface area (Å²) in [7, 11) is -1.01. The molecule has 0 fully saturated rings. The third kappa shape index (κ3) is 3.43. The van der Waals surface area contributed by atoms with Crippen molar-refractivity contribution in [1.29, 1.82) is 0 Å². The fourth-order valence-electron chi connectivity index (χ4n) is 1.70. The van der Waals surface area contributed by atoms with Crippen molar-refractivity contribution in [3.8, 4) is 0 Å². The van der Waals surface area contributed by atoms with E-state index in [1.54, 1.807) is 0 Å². The van der Waals surface area contributed by atoms with Crippen molar-refractivity contribution in [2.75, 3.05) is 6.61 Å². The van der Waals surface area contributed by atoms with Gasteiger partial charge in [0.25, 0.3) is 0 Å². The molecular weight excluding hydrogens is 308 g/mol. The molecule has 0 aliphatic carbocycles. The Bertz CT molecular complexity index is 533. The predicted molar refractivity (Wildman–Crippen MR) is 81.5 cm³/mol. The fraction of sp³-hybridized carbons (Fsp3) is 0.462. The van der Waals surface area contributed by atoms with Crippen LogP contribution in [0, 0.1) is 0 Å². The Morgan fingerprint density at radius 2 is 2.00 bits per heavy atom. The van der Waals surface area contributed by atoms with Crippen LogP contribution in [0.25, 0.3) is 11.0 Å². The number of hydrogen-bond donors (Lipinski definition) is 0. The van der Waals surface area contributed by atoms with E-state index in [4.69, 9.17) is 4.74 Å². The van der Waals surface area contributed by atoms with Crippen LogP contribution >= 0.6 is 15.9 Å². The average Bonchev–Trinajstić information content (AvgIpc) is 2.59. The van der Waals surface area contributed by atoms with E-state index in [1.165, 1.54) is 6.04 Å². The van der Waals surface area contributed by atoms with Crippen LogP contribution in [0.5, 0.6) is 0 Å². The Balaban J connectivity index is 2.01. The van der Waals surface area contributed by atoms with Gasteiger partial charge in [-0.3, -0.25) is 4.57 Å². The third-order valence-corrected chi connectivity index (χ3v) is 5.13. The highest BCUT2D eigenvalue weighted by Crippen LogP contribution is 2.20. The molecule has 2 rings (SSSR count). The van der Waals surface area contributed by atoms with E-state index in [-0.39, 0.29) is 0 Å². The van der Waals surface area contributed by atoms with Gasteiger partial charge in [-0.05, 0) is 34.1 Å². The molecule has 1 aromatic carbocycles. The van der Waals surface area contributed by atoms with Crippen LogP contribution in [0.1, 0.15) is 0 Å². The SMILES string of the molecule is C[Si](C)(C)CCOCn1c(Br)nc2ccccc21. The number of halogens is 1. The summed E-state index contributed by atoms with van der Waals surface area (Å²) in [6.07, 6.45) is 0. The molecule has 0 N–H and O–H groups in total. The Labute approximate surface area is 117 Å². The standard InChI is InChI=1S/C13H19BrN2OSi/c1-18(2,3)9-8-17-10-16-12-7-5-4-6-11(12)15-13(16)14/h4-7H,8-10H2,1-3H3. The first-order valence-electron chi connectivity index (χ1n) is 6.16. The molecule has 0 saturated carbocycles. The molecular formula is C13H19BrN2OSi. The number of ether oxygens (including phenoxy) is 1. The van der Waals surface area contributed by atoms with Gasteiger partial charge in [0.05, 0.1) is 11.0 Å². The maximum atomic E-state index is 5.77. The molecule has 98 valence electrons. The number of hydrogen-bond acceptors (Lipinski definition) is 2. The molecule has 0 radical (unpaired) electrons. The minimum Gasteiger partial charge on any atom is -0.361 e. The van der Waals surface area contributed by atoms with Gasteiger partial charge in [-0.2, -0.15) is 0 Å². The second-order valence-corrected chi connectivity index (χ2v) is 12.0. The largest absolute Gasteiger partial charge is 0.361 e. The molecule has 1 heterocycles. The molecule has 0 aliphatic rings. The smallest absolute Gasteiger partial charge is 0.180 e.